The zero-order chi connectivity index (χ0) is 20.4. The lowest BCUT2D eigenvalue weighted by Gasteiger charge is -2.22. The second-order valence-corrected chi connectivity index (χ2v) is 7.96. The molecule has 2 aliphatic rings. The van der Waals surface area contributed by atoms with Crippen LogP contribution < -0.4 is 5.32 Å². The van der Waals surface area contributed by atoms with Crippen LogP contribution in [-0.4, -0.2) is 42.0 Å². The maximum atomic E-state index is 12.6. The summed E-state index contributed by atoms with van der Waals surface area (Å²) in [7, 11) is 0. The monoisotopic (exact) mass is 403 g/mol. The number of urea groups is 1. The van der Waals surface area contributed by atoms with Crippen LogP contribution in [0, 0.1) is 11.8 Å². The Balaban J connectivity index is 1.24. The summed E-state index contributed by atoms with van der Waals surface area (Å²) in [6, 6.07) is 15.1. The number of fused-ring (bicyclic) bond motifs is 1. The predicted octanol–water partition coefficient (Wildman–Crippen LogP) is 3.98. The van der Waals surface area contributed by atoms with E-state index in [-0.39, 0.29) is 12.6 Å². The highest BCUT2D eigenvalue weighted by Gasteiger charge is 2.41. The molecule has 2 unspecified atom stereocenters. The number of carbonyl (C=O) groups is 1. The first-order valence-corrected chi connectivity index (χ1v) is 9.83. The van der Waals surface area contributed by atoms with Crippen molar-refractivity contribution < 1.29 is 18.0 Å². The number of hydrogen-bond donors (Lipinski definition) is 1. The molecular formula is C22H24F3N3O. The molecule has 2 heterocycles. The van der Waals surface area contributed by atoms with Gasteiger partial charge in [0.2, 0.25) is 0 Å². The minimum absolute atomic E-state index is 0.145. The van der Waals surface area contributed by atoms with E-state index >= 15 is 0 Å². The fraction of sp³-hybridized carbons (Fsp3) is 0.409. The van der Waals surface area contributed by atoms with E-state index < -0.39 is 11.7 Å². The summed E-state index contributed by atoms with van der Waals surface area (Å²) in [6.45, 7) is 4.60. The van der Waals surface area contributed by atoms with E-state index in [1.54, 1.807) is 0 Å². The van der Waals surface area contributed by atoms with Crippen molar-refractivity contribution in [2.45, 2.75) is 19.3 Å². The molecule has 2 amide bonds. The van der Waals surface area contributed by atoms with Crippen molar-refractivity contribution in [1.29, 1.82) is 0 Å². The summed E-state index contributed by atoms with van der Waals surface area (Å²) >= 11 is 0. The molecule has 7 heteroatoms. The largest absolute Gasteiger partial charge is 0.416 e. The lowest BCUT2D eigenvalue weighted by molar-refractivity contribution is -0.137. The molecule has 2 aromatic rings. The quantitative estimate of drug-likeness (QED) is 0.838. The molecule has 0 aromatic heterocycles. The van der Waals surface area contributed by atoms with Crippen LogP contribution in [0.5, 0.6) is 0 Å². The molecule has 154 valence electrons. The van der Waals surface area contributed by atoms with Gasteiger partial charge in [0, 0.05) is 39.3 Å². The molecule has 4 nitrogen and oxygen atoms in total. The van der Waals surface area contributed by atoms with Crippen molar-refractivity contribution in [3.63, 3.8) is 0 Å². The number of amides is 2. The van der Waals surface area contributed by atoms with Gasteiger partial charge in [-0.05, 0) is 35.1 Å². The number of rotatable bonds is 4. The molecule has 0 aliphatic carbocycles. The normalized spacial score (nSPS) is 22.0. The highest BCUT2D eigenvalue weighted by molar-refractivity contribution is 5.74. The molecule has 2 aliphatic heterocycles. The van der Waals surface area contributed by atoms with E-state index in [0.29, 0.717) is 17.4 Å². The Morgan fingerprint density at radius 2 is 1.52 bits per heavy atom. The minimum atomic E-state index is -4.34. The van der Waals surface area contributed by atoms with Crippen molar-refractivity contribution >= 4 is 6.03 Å². The Morgan fingerprint density at radius 3 is 2.10 bits per heavy atom. The molecule has 2 aromatic carbocycles. The molecule has 0 radical (unpaired) electrons. The van der Waals surface area contributed by atoms with Gasteiger partial charge in [-0.15, -0.1) is 0 Å². The minimum Gasteiger partial charge on any atom is -0.334 e. The first-order valence-electron chi connectivity index (χ1n) is 9.83. The van der Waals surface area contributed by atoms with E-state index in [1.165, 1.54) is 17.7 Å². The number of carbonyl (C=O) groups excluding carboxylic acids is 1. The molecule has 0 spiro atoms. The molecule has 1 N–H and O–H groups in total. The van der Waals surface area contributed by atoms with Crippen molar-refractivity contribution in [2.24, 2.45) is 11.8 Å². The first-order chi connectivity index (χ1) is 13.9. The van der Waals surface area contributed by atoms with Gasteiger partial charge in [-0.3, -0.25) is 4.90 Å². The third kappa shape index (κ3) is 4.72. The van der Waals surface area contributed by atoms with Gasteiger partial charge >= 0.3 is 12.2 Å². The van der Waals surface area contributed by atoms with Crippen molar-refractivity contribution in [3.8, 4) is 0 Å². The third-order valence-electron chi connectivity index (χ3n) is 5.82. The maximum absolute atomic E-state index is 12.6. The molecule has 2 saturated heterocycles. The van der Waals surface area contributed by atoms with Crippen LogP contribution in [0.15, 0.2) is 54.6 Å². The van der Waals surface area contributed by atoms with Gasteiger partial charge in [-0.2, -0.15) is 13.2 Å². The van der Waals surface area contributed by atoms with Gasteiger partial charge in [-0.25, -0.2) is 4.79 Å². The Hall–Kier alpha value is -2.54. The summed E-state index contributed by atoms with van der Waals surface area (Å²) in [6.07, 6.45) is -4.34. The maximum Gasteiger partial charge on any atom is 0.416 e. The van der Waals surface area contributed by atoms with Crippen molar-refractivity contribution in [1.82, 2.24) is 15.1 Å². The van der Waals surface area contributed by atoms with Crippen molar-refractivity contribution in [3.05, 3.63) is 71.3 Å². The van der Waals surface area contributed by atoms with Gasteiger partial charge in [0.15, 0.2) is 0 Å². The Kier molecular flexibility index (Phi) is 5.50. The molecule has 0 bridgehead atoms. The molecule has 2 fully saturated rings. The SMILES string of the molecule is O=C(NCc1ccc(C(F)(F)F)cc1)N1CC2CN(Cc3ccccc3)CC2C1. The van der Waals surface area contributed by atoms with Crippen LogP contribution in [0.25, 0.3) is 0 Å². The molecule has 0 saturated carbocycles. The van der Waals surface area contributed by atoms with E-state index in [4.69, 9.17) is 0 Å². The number of likely N-dealkylation sites (tertiary alicyclic amines) is 2. The second kappa shape index (κ2) is 8.06. The van der Waals surface area contributed by atoms with E-state index in [1.807, 2.05) is 11.0 Å². The highest BCUT2D eigenvalue weighted by Crippen LogP contribution is 2.32. The lowest BCUT2D eigenvalue weighted by Crippen LogP contribution is -2.40. The van der Waals surface area contributed by atoms with Gasteiger partial charge in [0.1, 0.15) is 0 Å². The topological polar surface area (TPSA) is 35.6 Å². The Morgan fingerprint density at radius 1 is 0.897 bits per heavy atom. The first kappa shape index (κ1) is 19.8. The van der Waals surface area contributed by atoms with E-state index in [9.17, 15) is 18.0 Å². The van der Waals surface area contributed by atoms with Gasteiger partial charge in [0.25, 0.3) is 0 Å². The zero-order valence-corrected chi connectivity index (χ0v) is 16.0. The van der Waals surface area contributed by atoms with Crippen LogP contribution >= 0.6 is 0 Å². The van der Waals surface area contributed by atoms with E-state index in [0.717, 1.165) is 44.9 Å². The van der Waals surface area contributed by atoms with Crippen LogP contribution in [-0.2, 0) is 19.3 Å². The fourth-order valence-corrected chi connectivity index (χ4v) is 4.33. The Bertz CT molecular complexity index is 825. The van der Waals surface area contributed by atoms with Crippen molar-refractivity contribution in [2.75, 3.05) is 26.2 Å². The summed E-state index contributed by atoms with van der Waals surface area (Å²) in [4.78, 5) is 16.7. The van der Waals surface area contributed by atoms with Gasteiger partial charge in [-0.1, -0.05) is 42.5 Å². The number of nitrogens with zero attached hydrogens (tertiary/aromatic N) is 2. The van der Waals surface area contributed by atoms with Crippen LogP contribution in [0.1, 0.15) is 16.7 Å². The molecular weight excluding hydrogens is 379 g/mol. The average Bonchev–Trinajstić information content (AvgIpc) is 3.25. The van der Waals surface area contributed by atoms with Gasteiger partial charge < -0.3 is 10.2 Å². The average molecular weight is 403 g/mol. The number of halogens is 3. The van der Waals surface area contributed by atoms with Gasteiger partial charge in [0.05, 0.1) is 5.56 Å². The smallest absolute Gasteiger partial charge is 0.334 e. The lowest BCUT2D eigenvalue weighted by atomic mass is 10.0. The van der Waals surface area contributed by atoms with Crippen LogP contribution in [0.4, 0.5) is 18.0 Å². The van der Waals surface area contributed by atoms with E-state index in [2.05, 4.69) is 34.5 Å². The van der Waals surface area contributed by atoms with Crippen LogP contribution in [0.2, 0.25) is 0 Å². The third-order valence-corrected chi connectivity index (χ3v) is 5.82. The molecule has 2 atom stereocenters. The number of nitrogens with one attached hydrogen (secondary N) is 1. The highest BCUT2D eigenvalue weighted by atomic mass is 19.4. The molecule has 4 rings (SSSR count). The number of alkyl halides is 3. The predicted molar refractivity (Wildman–Crippen MR) is 104 cm³/mol. The summed E-state index contributed by atoms with van der Waals surface area (Å²) in [5.74, 6) is 0.964. The fourth-order valence-electron chi connectivity index (χ4n) is 4.33. The number of hydrogen-bond acceptors (Lipinski definition) is 2. The molecule has 29 heavy (non-hydrogen) atoms. The zero-order valence-electron chi connectivity index (χ0n) is 16.0. The number of benzene rings is 2. The summed E-state index contributed by atoms with van der Waals surface area (Å²) in [5.41, 5.74) is 1.28. The summed E-state index contributed by atoms with van der Waals surface area (Å²) in [5, 5.41) is 2.83. The second-order valence-electron chi connectivity index (χ2n) is 7.96. The Labute approximate surface area is 168 Å². The van der Waals surface area contributed by atoms with Crippen LogP contribution in [0.3, 0.4) is 0 Å². The standard InChI is InChI=1S/C22H24F3N3O/c23-22(24,25)20-8-6-16(7-9-20)10-26-21(29)28-14-18-12-27(13-19(18)15-28)11-17-4-2-1-3-5-17/h1-9,18-19H,10-15H2,(H,26,29). The summed E-state index contributed by atoms with van der Waals surface area (Å²) < 4.78 is 37.9.